The molecule has 0 aliphatic carbocycles. The Morgan fingerprint density at radius 1 is 1.56 bits per heavy atom. The maximum Gasteiger partial charge on any atom is 0.229 e. The normalized spacial score (nSPS) is 18.1. The fourth-order valence-corrected chi connectivity index (χ4v) is 1.98. The van der Waals surface area contributed by atoms with E-state index in [0.29, 0.717) is 5.88 Å². The first-order valence-corrected chi connectivity index (χ1v) is 5.85. The van der Waals surface area contributed by atoms with Gasteiger partial charge in [-0.2, -0.15) is 0 Å². The minimum Gasteiger partial charge on any atom is -0.461 e. The number of benzene rings is 1. The maximum absolute atomic E-state index is 10.9. The molecular weight excluding hydrogens is 226 g/mol. The van der Waals surface area contributed by atoms with E-state index in [1.807, 2.05) is 30.0 Å². The lowest BCUT2D eigenvalue weighted by atomic mass is 10.2. The SMILES string of the molecule is Cc1ccc2c(c1)N(CCCCl)C(C=O)O2. The Morgan fingerprint density at radius 2 is 2.38 bits per heavy atom. The van der Waals surface area contributed by atoms with Gasteiger partial charge in [-0.1, -0.05) is 6.07 Å². The van der Waals surface area contributed by atoms with Gasteiger partial charge in [0, 0.05) is 12.4 Å². The first kappa shape index (κ1) is 11.3. The monoisotopic (exact) mass is 239 g/mol. The summed E-state index contributed by atoms with van der Waals surface area (Å²) in [6.07, 6.45) is 1.16. The molecule has 1 aliphatic rings. The molecule has 0 radical (unpaired) electrons. The average molecular weight is 240 g/mol. The van der Waals surface area contributed by atoms with E-state index in [1.54, 1.807) is 0 Å². The molecule has 0 bridgehead atoms. The zero-order valence-electron chi connectivity index (χ0n) is 9.15. The summed E-state index contributed by atoms with van der Waals surface area (Å²) in [6, 6.07) is 5.92. The summed E-state index contributed by atoms with van der Waals surface area (Å²) in [5.74, 6) is 1.36. The molecule has 0 amide bonds. The third-order valence-corrected chi connectivity index (χ3v) is 2.90. The largest absolute Gasteiger partial charge is 0.461 e. The first-order chi connectivity index (χ1) is 7.76. The van der Waals surface area contributed by atoms with Crippen LogP contribution in [0.25, 0.3) is 0 Å². The number of hydrogen-bond acceptors (Lipinski definition) is 3. The van der Waals surface area contributed by atoms with Crippen LogP contribution in [0.3, 0.4) is 0 Å². The van der Waals surface area contributed by atoms with Crippen LogP contribution in [-0.2, 0) is 4.79 Å². The van der Waals surface area contributed by atoms with Crippen LogP contribution in [-0.4, -0.2) is 24.9 Å². The first-order valence-electron chi connectivity index (χ1n) is 5.31. The lowest BCUT2D eigenvalue weighted by Crippen LogP contribution is -2.36. The second kappa shape index (κ2) is 4.74. The molecule has 0 aromatic heterocycles. The van der Waals surface area contributed by atoms with Gasteiger partial charge in [-0.25, -0.2) is 0 Å². The van der Waals surface area contributed by atoms with Gasteiger partial charge in [0.15, 0.2) is 6.29 Å². The van der Waals surface area contributed by atoms with Crippen molar-refractivity contribution in [1.29, 1.82) is 0 Å². The highest BCUT2D eigenvalue weighted by Gasteiger charge is 2.29. The van der Waals surface area contributed by atoms with Crippen molar-refractivity contribution in [2.24, 2.45) is 0 Å². The minimum atomic E-state index is -0.500. The molecule has 86 valence electrons. The van der Waals surface area contributed by atoms with E-state index >= 15 is 0 Å². The van der Waals surface area contributed by atoms with Crippen LogP contribution in [0.5, 0.6) is 5.75 Å². The molecule has 0 spiro atoms. The number of halogens is 1. The lowest BCUT2D eigenvalue weighted by Gasteiger charge is -2.20. The zero-order chi connectivity index (χ0) is 11.5. The van der Waals surface area contributed by atoms with Gasteiger partial charge in [0.2, 0.25) is 6.23 Å². The smallest absolute Gasteiger partial charge is 0.229 e. The Kier molecular flexibility index (Phi) is 3.34. The number of aryl methyl sites for hydroxylation is 1. The molecular formula is C12H14ClNO2. The van der Waals surface area contributed by atoms with Crippen molar-refractivity contribution in [3.63, 3.8) is 0 Å². The summed E-state index contributed by atoms with van der Waals surface area (Å²) < 4.78 is 5.54. The Morgan fingerprint density at radius 3 is 3.06 bits per heavy atom. The predicted molar refractivity (Wildman–Crippen MR) is 64.3 cm³/mol. The topological polar surface area (TPSA) is 29.5 Å². The third-order valence-electron chi connectivity index (χ3n) is 2.63. The van der Waals surface area contributed by atoms with Crippen LogP contribution in [0.15, 0.2) is 18.2 Å². The van der Waals surface area contributed by atoms with Crippen molar-refractivity contribution in [3.05, 3.63) is 23.8 Å². The van der Waals surface area contributed by atoms with Crippen LogP contribution in [0, 0.1) is 6.92 Å². The second-order valence-electron chi connectivity index (χ2n) is 3.85. The Hall–Kier alpha value is -1.22. The summed E-state index contributed by atoms with van der Waals surface area (Å²) in [6.45, 7) is 2.76. The predicted octanol–water partition coefficient (Wildman–Crippen LogP) is 2.35. The molecule has 0 N–H and O–H groups in total. The number of rotatable bonds is 4. The maximum atomic E-state index is 10.9. The number of ether oxygens (including phenoxy) is 1. The average Bonchev–Trinajstić information content (AvgIpc) is 2.63. The summed E-state index contributed by atoms with van der Waals surface area (Å²) in [5, 5.41) is 0. The van der Waals surface area contributed by atoms with Crippen molar-refractivity contribution >= 4 is 23.6 Å². The van der Waals surface area contributed by atoms with Crippen LogP contribution in [0.2, 0.25) is 0 Å². The van der Waals surface area contributed by atoms with Crippen LogP contribution in [0.4, 0.5) is 5.69 Å². The summed E-state index contributed by atoms with van der Waals surface area (Å²) >= 11 is 5.67. The van der Waals surface area contributed by atoms with E-state index in [4.69, 9.17) is 16.3 Å². The van der Waals surface area contributed by atoms with Gasteiger partial charge in [-0.15, -0.1) is 11.6 Å². The molecule has 0 saturated carbocycles. The van der Waals surface area contributed by atoms with Gasteiger partial charge < -0.3 is 9.64 Å². The van der Waals surface area contributed by atoms with E-state index in [2.05, 4.69) is 0 Å². The standard InChI is InChI=1S/C12H14ClNO2/c1-9-3-4-11-10(7-9)14(6-2-5-13)12(8-15)16-11/h3-4,7-8,12H,2,5-6H2,1H3. The van der Waals surface area contributed by atoms with Crippen LogP contribution in [0.1, 0.15) is 12.0 Å². The van der Waals surface area contributed by atoms with E-state index in [0.717, 1.165) is 36.3 Å². The highest BCUT2D eigenvalue weighted by atomic mass is 35.5. The minimum absolute atomic E-state index is 0.500. The van der Waals surface area contributed by atoms with Gasteiger partial charge in [0.25, 0.3) is 0 Å². The Bertz CT molecular complexity index is 395. The van der Waals surface area contributed by atoms with Crippen molar-refractivity contribution < 1.29 is 9.53 Å². The quantitative estimate of drug-likeness (QED) is 0.597. The molecule has 1 aromatic rings. The van der Waals surface area contributed by atoms with E-state index in [1.165, 1.54) is 0 Å². The number of carbonyl (C=O) groups is 1. The fourth-order valence-electron chi connectivity index (χ4n) is 1.86. The number of aldehydes is 1. The Balaban J connectivity index is 2.27. The number of hydrogen-bond donors (Lipinski definition) is 0. The highest BCUT2D eigenvalue weighted by molar-refractivity contribution is 6.17. The van der Waals surface area contributed by atoms with Gasteiger partial charge in [-0.3, -0.25) is 4.79 Å². The van der Waals surface area contributed by atoms with Crippen molar-refractivity contribution in [2.75, 3.05) is 17.3 Å². The molecule has 0 saturated heterocycles. The molecule has 1 heterocycles. The summed E-state index contributed by atoms with van der Waals surface area (Å²) in [4.78, 5) is 12.9. The van der Waals surface area contributed by atoms with Crippen molar-refractivity contribution in [1.82, 2.24) is 0 Å². The van der Waals surface area contributed by atoms with Crippen LogP contribution < -0.4 is 9.64 Å². The van der Waals surface area contributed by atoms with E-state index in [-0.39, 0.29) is 0 Å². The molecule has 2 rings (SSSR count). The van der Waals surface area contributed by atoms with Gasteiger partial charge >= 0.3 is 0 Å². The molecule has 3 nitrogen and oxygen atoms in total. The molecule has 1 aliphatic heterocycles. The van der Waals surface area contributed by atoms with Gasteiger partial charge in [-0.05, 0) is 31.0 Å². The number of alkyl halides is 1. The van der Waals surface area contributed by atoms with Crippen molar-refractivity contribution in [3.8, 4) is 5.75 Å². The molecule has 4 heteroatoms. The van der Waals surface area contributed by atoms with Gasteiger partial charge in [0.05, 0.1) is 5.69 Å². The summed E-state index contributed by atoms with van der Waals surface area (Å²) in [5.41, 5.74) is 2.15. The zero-order valence-corrected chi connectivity index (χ0v) is 9.91. The number of nitrogens with zero attached hydrogens (tertiary/aromatic N) is 1. The Labute approximate surface area is 100.0 Å². The lowest BCUT2D eigenvalue weighted by molar-refractivity contribution is -0.113. The third kappa shape index (κ3) is 2.00. The van der Waals surface area contributed by atoms with Crippen LogP contribution >= 0.6 is 11.6 Å². The molecule has 1 aromatic carbocycles. The molecule has 1 atom stereocenters. The van der Waals surface area contributed by atoms with E-state index < -0.39 is 6.23 Å². The van der Waals surface area contributed by atoms with Crippen molar-refractivity contribution in [2.45, 2.75) is 19.6 Å². The molecule has 1 unspecified atom stereocenters. The summed E-state index contributed by atoms with van der Waals surface area (Å²) in [7, 11) is 0. The van der Waals surface area contributed by atoms with Gasteiger partial charge in [0.1, 0.15) is 5.75 Å². The number of anilines is 1. The number of fused-ring (bicyclic) bond motifs is 1. The highest BCUT2D eigenvalue weighted by Crippen LogP contribution is 2.37. The second-order valence-corrected chi connectivity index (χ2v) is 4.23. The fraction of sp³-hybridized carbons (Fsp3) is 0.417. The van der Waals surface area contributed by atoms with E-state index in [9.17, 15) is 4.79 Å². The molecule has 0 fully saturated rings. The number of carbonyl (C=O) groups excluding carboxylic acids is 1. The molecule has 16 heavy (non-hydrogen) atoms.